The summed E-state index contributed by atoms with van der Waals surface area (Å²) in [6.07, 6.45) is 0. The first-order chi connectivity index (χ1) is 8.97. The van der Waals surface area contributed by atoms with E-state index in [1.807, 2.05) is 32.0 Å². The van der Waals surface area contributed by atoms with Gasteiger partial charge in [0.05, 0.1) is 11.0 Å². The number of furan rings is 1. The van der Waals surface area contributed by atoms with Crippen LogP contribution in [0, 0.1) is 20.6 Å². The SMILES string of the molecule is Cc1ccc(C(C)Nc2ccc(I)cc2[N+](=O)[O-])o1. The molecule has 0 bridgehead atoms. The second-order valence-electron chi connectivity index (χ2n) is 4.23. The van der Waals surface area contributed by atoms with Gasteiger partial charge in [-0.05, 0) is 60.7 Å². The molecule has 0 saturated heterocycles. The molecule has 1 aromatic carbocycles. The van der Waals surface area contributed by atoms with Gasteiger partial charge in [-0.25, -0.2) is 0 Å². The fraction of sp³-hybridized carbons (Fsp3) is 0.231. The number of hydrogen-bond acceptors (Lipinski definition) is 4. The van der Waals surface area contributed by atoms with Crippen molar-refractivity contribution in [3.63, 3.8) is 0 Å². The highest BCUT2D eigenvalue weighted by molar-refractivity contribution is 14.1. The predicted molar refractivity (Wildman–Crippen MR) is 81.3 cm³/mol. The number of hydrogen-bond donors (Lipinski definition) is 1. The summed E-state index contributed by atoms with van der Waals surface area (Å²) >= 11 is 2.05. The maximum atomic E-state index is 11.0. The molecule has 2 rings (SSSR count). The molecule has 0 radical (unpaired) electrons. The van der Waals surface area contributed by atoms with Crippen molar-refractivity contribution in [1.29, 1.82) is 0 Å². The first-order valence-corrected chi connectivity index (χ1v) is 6.82. The Morgan fingerprint density at radius 1 is 1.37 bits per heavy atom. The van der Waals surface area contributed by atoms with Crippen LogP contribution in [0.3, 0.4) is 0 Å². The number of benzene rings is 1. The minimum absolute atomic E-state index is 0.0713. The lowest BCUT2D eigenvalue weighted by Gasteiger charge is -2.13. The fourth-order valence-electron chi connectivity index (χ4n) is 1.77. The Labute approximate surface area is 124 Å². The Morgan fingerprint density at radius 3 is 2.68 bits per heavy atom. The Kier molecular flexibility index (Phi) is 4.08. The molecular weight excluding hydrogens is 359 g/mol. The van der Waals surface area contributed by atoms with Gasteiger partial charge in [0.2, 0.25) is 0 Å². The van der Waals surface area contributed by atoms with E-state index in [9.17, 15) is 10.1 Å². The van der Waals surface area contributed by atoms with E-state index >= 15 is 0 Å². The van der Waals surface area contributed by atoms with Gasteiger partial charge in [-0.1, -0.05) is 0 Å². The van der Waals surface area contributed by atoms with Gasteiger partial charge in [-0.2, -0.15) is 0 Å². The van der Waals surface area contributed by atoms with Crippen LogP contribution in [-0.2, 0) is 0 Å². The van der Waals surface area contributed by atoms with Crippen molar-refractivity contribution >= 4 is 34.0 Å². The zero-order valence-corrected chi connectivity index (χ0v) is 12.7. The molecule has 100 valence electrons. The summed E-state index contributed by atoms with van der Waals surface area (Å²) in [4.78, 5) is 10.7. The van der Waals surface area contributed by atoms with Gasteiger partial charge in [-0.15, -0.1) is 0 Å². The van der Waals surface area contributed by atoms with Crippen molar-refractivity contribution in [2.75, 3.05) is 5.32 Å². The molecule has 1 unspecified atom stereocenters. The first-order valence-electron chi connectivity index (χ1n) is 5.74. The second kappa shape index (κ2) is 5.60. The Bertz CT molecular complexity index is 610. The predicted octanol–water partition coefficient (Wildman–Crippen LogP) is 4.27. The van der Waals surface area contributed by atoms with E-state index in [1.54, 1.807) is 12.1 Å². The molecule has 1 heterocycles. The lowest BCUT2D eigenvalue weighted by Crippen LogP contribution is -2.07. The van der Waals surface area contributed by atoms with Crippen molar-refractivity contribution < 1.29 is 9.34 Å². The van der Waals surface area contributed by atoms with Gasteiger partial charge in [0, 0.05) is 9.64 Å². The van der Waals surface area contributed by atoms with Crippen LogP contribution in [0.5, 0.6) is 0 Å². The normalized spacial score (nSPS) is 12.2. The summed E-state index contributed by atoms with van der Waals surface area (Å²) in [5, 5.41) is 14.1. The van der Waals surface area contributed by atoms with Gasteiger partial charge in [0.15, 0.2) is 0 Å². The number of anilines is 1. The molecule has 0 amide bonds. The van der Waals surface area contributed by atoms with Crippen molar-refractivity contribution in [3.05, 3.63) is 55.5 Å². The Balaban J connectivity index is 2.26. The molecule has 0 aliphatic rings. The van der Waals surface area contributed by atoms with Crippen LogP contribution >= 0.6 is 22.6 Å². The van der Waals surface area contributed by atoms with Gasteiger partial charge in [-0.3, -0.25) is 10.1 Å². The van der Waals surface area contributed by atoms with Crippen LogP contribution in [0.1, 0.15) is 24.5 Å². The third kappa shape index (κ3) is 3.25. The van der Waals surface area contributed by atoms with Crippen molar-refractivity contribution in [2.45, 2.75) is 19.9 Å². The first kappa shape index (κ1) is 13.9. The average molecular weight is 372 g/mol. The minimum Gasteiger partial charge on any atom is -0.464 e. The molecule has 2 aromatic rings. The fourth-order valence-corrected chi connectivity index (χ4v) is 2.24. The quantitative estimate of drug-likeness (QED) is 0.494. The Morgan fingerprint density at radius 2 is 2.11 bits per heavy atom. The molecule has 0 spiro atoms. The summed E-state index contributed by atoms with van der Waals surface area (Å²) in [7, 11) is 0. The number of nitro benzene ring substituents is 1. The minimum atomic E-state index is -0.384. The van der Waals surface area contributed by atoms with Crippen LogP contribution < -0.4 is 5.32 Å². The summed E-state index contributed by atoms with van der Waals surface area (Å²) in [6, 6.07) is 8.69. The molecule has 1 aromatic heterocycles. The number of nitro groups is 1. The Hall–Kier alpha value is -1.57. The largest absolute Gasteiger partial charge is 0.464 e. The summed E-state index contributed by atoms with van der Waals surface area (Å²) in [5.74, 6) is 1.58. The number of halogens is 1. The molecule has 1 N–H and O–H groups in total. The van der Waals surface area contributed by atoms with Crippen molar-refractivity contribution in [1.82, 2.24) is 0 Å². The van der Waals surface area contributed by atoms with Crippen molar-refractivity contribution in [2.24, 2.45) is 0 Å². The zero-order valence-electron chi connectivity index (χ0n) is 10.5. The number of nitrogens with zero attached hydrogens (tertiary/aromatic N) is 1. The molecule has 6 heteroatoms. The second-order valence-corrected chi connectivity index (χ2v) is 5.48. The van der Waals surface area contributed by atoms with E-state index in [1.165, 1.54) is 0 Å². The highest BCUT2D eigenvalue weighted by Crippen LogP contribution is 2.30. The monoisotopic (exact) mass is 372 g/mol. The standard InChI is InChI=1S/C13H13IN2O3/c1-8-3-6-13(19-8)9(2)15-11-5-4-10(14)7-12(11)16(17)18/h3-7,9,15H,1-2H3. The van der Waals surface area contributed by atoms with Crippen LogP contribution in [0.25, 0.3) is 0 Å². The molecule has 1 atom stereocenters. The van der Waals surface area contributed by atoms with E-state index < -0.39 is 0 Å². The molecule has 0 aliphatic carbocycles. The third-order valence-corrected chi connectivity index (χ3v) is 3.39. The van der Waals surface area contributed by atoms with Crippen LogP contribution in [0.4, 0.5) is 11.4 Å². The van der Waals surface area contributed by atoms with Gasteiger partial charge < -0.3 is 9.73 Å². The van der Waals surface area contributed by atoms with Crippen LogP contribution in [0.2, 0.25) is 0 Å². The van der Waals surface area contributed by atoms with Gasteiger partial charge in [0.1, 0.15) is 17.2 Å². The highest BCUT2D eigenvalue weighted by atomic mass is 127. The van der Waals surface area contributed by atoms with E-state index in [0.29, 0.717) is 5.69 Å². The molecular formula is C13H13IN2O3. The molecule has 5 nitrogen and oxygen atoms in total. The number of nitrogens with one attached hydrogen (secondary N) is 1. The van der Waals surface area contributed by atoms with E-state index in [4.69, 9.17) is 4.42 Å². The highest BCUT2D eigenvalue weighted by Gasteiger charge is 2.17. The smallest absolute Gasteiger partial charge is 0.293 e. The summed E-state index contributed by atoms with van der Waals surface area (Å²) in [5.41, 5.74) is 0.564. The lowest BCUT2D eigenvalue weighted by molar-refractivity contribution is -0.384. The van der Waals surface area contributed by atoms with E-state index in [-0.39, 0.29) is 16.7 Å². The molecule has 0 fully saturated rings. The van der Waals surface area contributed by atoms with Gasteiger partial charge >= 0.3 is 0 Å². The molecule has 0 saturated carbocycles. The van der Waals surface area contributed by atoms with E-state index in [2.05, 4.69) is 27.9 Å². The van der Waals surface area contributed by atoms with Crippen LogP contribution in [-0.4, -0.2) is 4.92 Å². The van der Waals surface area contributed by atoms with Gasteiger partial charge in [0.25, 0.3) is 5.69 Å². The number of rotatable bonds is 4. The molecule has 19 heavy (non-hydrogen) atoms. The average Bonchev–Trinajstić information content (AvgIpc) is 2.78. The topological polar surface area (TPSA) is 68.3 Å². The lowest BCUT2D eigenvalue weighted by atomic mass is 10.2. The third-order valence-electron chi connectivity index (χ3n) is 2.72. The van der Waals surface area contributed by atoms with Crippen LogP contribution in [0.15, 0.2) is 34.7 Å². The maximum Gasteiger partial charge on any atom is 0.293 e. The summed E-state index contributed by atoms with van der Waals surface area (Å²) in [6.45, 7) is 3.77. The zero-order chi connectivity index (χ0) is 14.0. The van der Waals surface area contributed by atoms with E-state index in [0.717, 1.165) is 15.1 Å². The molecule has 0 aliphatic heterocycles. The van der Waals surface area contributed by atoms with Crippen molar-refractivity contribution in [3.8, 4) is 0 Å². The maximum absolute atomic E-state index is 11.0. The summed E-state index contributed by atoms with van der Waals surface area (Å²) < 4.78 is 6.34. The number of aryl methyl sites for hydroxylation is 1.